The average molecular weight is 243 g/mol. The van der Waals surface area contributed by atoms with Crippen molar-refractivity contribution in [3.8, 4) is 0 Å². The first kappa shape index (κ1) is 12.7. The SMILES string of the molecule is Cc1nc(Cl)cc(N(C)CC(=O)N(C)C)n1. The Hall–Kier alpha value is -1.36. The number of nitrogens with zero attached hydrogens (tertiary/aromatic N) is 4. The molecule has 0 unspecified atom stereocenters. The molecule has 1 heterocycles. The number of amides is 1. The number of rotatable bonds is 3. The third-order valence-corrected chi connectivity index (χ3v) is 2.25. The molecule has 1 rings (SSSR count). The summed E-state index contributed by atoms with van der Waals surface area (Å²) in [6, 6.07) is 1.64. The molecule has 1 aromatic heterocycles. The van der Waals surface area contributed by atoms with Crippen LogP contribution in [0, 0.1) is 6.92 Å². The number of carbonyl (C=O) groups excluding carboxylic acids is 1. The van der Waals surface area contributed by atoms with Crippen molar-refractivity contribution in [2.24, 2.45) is 0 Å². The van der Waals surface area contributed by atoms with Gasteiger partial charge in [-0.25, -0.2) is 9.97 Å². The van der Waals surface area contributed by atoms with Crippen LogP contribution in [0.2, 0.25) is 5.15 Å². The number of aryl methyl sites for hydroxylation is 1. The molecule has 0 aliphatic carbocycles. The smallest absolute Gasteiger partial charge is 0.241 e. The quantitative estimate of drug-likeness (QED) is 0.741. The molecule has 0 saturated heterocycles. The molecule has 0 saturated carbocycles. The van der Waals surface area contributed by atoms with E-state index in [9.17, 15) is 4.79 Å². The van der Waals surface area contributed by atoms with Gasteiger partial charge in [-0.05, 0) is 6.92 Å². The Kier molecular flexibility index (Phi) is 4.06. The van der Waals surface area contributed by atoms with Crippen molar-refractivity contribution in [2.75, 3.05) is 32.6 Å². The summed E-state index contributed by atoms with van der Waals surface area (Å²) in [4.78, 5) is 22.9. The third kappa shape index (κ3) is 3.34. The van der Waals surface area contributed by atoms with Crippen LogP contribution in [0.15, 0.2) is 6.07 Å². The second-order valence-electron chi connectivity index (χ2n) is 3.74. The van der Waals surface area contributed by atoms with Crippen LogP contribution in [0.5, 0.6) is 0 Å². The van der Waals surface area contributed by atoms with Gasteiger partial charge in [0, 0.05) is 27.2 Å². The number of hydrogen-bond donors (Lipinski definition) is 0. The van der Waals surface area contributed by atoms with E-state index in [0.717, 1.165) is 0 Å². The van der Waals surface area contributed by atoms with E-state index in [0.29, 0.717) is 16.8 Å². The molecular weight excluding hydrogens is 228 g/mol. The Bertz CT molecular complexity index is 374. The van der Waals surface area contributed by atoms with Crippen LogP contribution in [0.1, 0.15) is 5.82 Å². The summed E-state index contributed by atoms with van der Waals surface area (Å²) in [5.74, 6) is 1.24. The zero-order valence-corrected chi connectivity index (χ0v) is 10.6. The molecule has 0 spiro atoms. The lowest BCUT2D eigenvalue weighted by Gasteiger charge is -2.20. The van der Waals surface area contributed by atoms with Crippen molar-refractivity contribution >= 4 is 23.3 Å². The van der Waals surface area contributed by atoms with E-state index < -0.39 is 0 Å². The number of anilines is 1. The molecule has 0 aliphatic rings. The summed E-state index contributed by atoms with van der Waals surface area (Å²) in [5.41, 5.74) is 0. The molecule has 0 N–H and O–H groups in total. The first-order chi connectivity index (χ1) is 7.40. The van der Waals surface area contributed by atoms with Crippen molar-refractivity contribution in [3.05, 3.63) is 17.0 Å². The van der Waals surface area contributed by atoms with Crippen LogP contribution < -0.4 is 4.90 Å². The van der Waals surface area contributed by atoms with E-state index in [4.69, 9.17) is 11.6 Å². The summed E-state index contributed by atoms with van der Waals surface area (Å²) in [6.07, 6.45) is 0. The first-order valence-corrected chi connectivity index (χ1v) is 5.20. The zero-order valence-electron chi connectivity index (χ0n) is 9.86. The van der Waals surface area contributed by atoms with Crippen molar-refractivity contribution in [2.45, 2.75) is 6.92 Å². The maximum atomic E-state index is 11.5. The summed E-state index contributed by atoms with van der Waals surface area (Å²) >= 11 is 5.82. The van der Waals surface area contributed by atoms with Gasteiger partial charge in [0.25, 0.3) is 0 Å². The normalized spacial score (nSPS) is 10.1. The Morgan fingerprint density at radius 3 is 2.50 bits per heavy atom. The van der Waals surface area contributed by atoms with E-state index in [2.05, 4.69) is 9.97 Å². The van der Waals surface area contributed by atoms with Crippen molar-refractivity contribution in [3.63, 3.8) is 0 Å². The standard InChI is InChI=1S/C10H15ClN4O/c1-7-12-8(11)5-9(13-7)15(4)6-10(16)14(2)3/h5H,6H2,1-4H3. The summed E-state index contributed by atoms with van der Waals surface area (Å²) in [5, 5.41) is 0.381. The molecule has 1 amide bonds. The minimum atomic E-state index is 0.00916. The van der Waals surface area contributed by atoms with Gasteiger partial charge in [0.05, 0.1) is 6.54 Å². The highest BCUT2D eigenvalue weighted by Gasteiger charge is 2.11. The Morgan fingerprint density at radius 2 is 2.00 bits per heavy atom. The van der Waals surface area contributed by atoms with Crippen LogP contribution in [0.4, 0.5) is 5.82 Å². The minimum absolute atomic E-state index is 0.00916. The van der Waals surface area contributed by atoms with Crippen LogP contribution in [0.25, 0.3) is 0 Å². The molecule has 88 valence electrons. The molecule has 0 aliphatic heterocycles. The number of halogens is 1. The molecule has 5 nitrogen and oxygen atoms in total. The van der Waals surface area contributed by atoms with Gasteiger partial charge in [0.1, 0.15) is 16.8 Å². The monoisotopic (exact) mass is 242 g/mol. The fourth-order valence-corrected chi connectivity index (χ4v) is 1.36. The first-order valence-electron chi connectivity index (χ1n) is 4.82. The van der Waals surface area contributed by atoms with Gasteiger partial charge in [-0.2, -0.15) is 0 Å². The maximum absolute atomic E-state index is 11.5. The zero-order chi connectivity index (χ0) is 12.3. The maximum Gasteiger partial charge on any atom is 0.241 e. The molecule has 0 aromatic carbocycles. The molecule has 16 heavy (non-hydrogen) atoms. The van der Waals surface area contributed by atoms with E-state index in [1.807, 2.05) is 0 Å². The third-order valence-electron chi connectivity index (χ3n) is 2.06. The summed E-state index contributed by atoms with van der Waals surface area (Å²) < 4.78 is 0. The van der Waals surface area contributed by atoms with Gasteiger partial charge in [0.15, 0.2) is 0 Å². The Morgan fingerprint density at radius 1 is 1.38 bits per heavy atom. The topological polar surface area (TPSA) is 49.3 Å². The number of carbonyl (C=O) groups is 1. The molecule has 0 bridgehead atoms. The van der Waals surface area contributed by atoms with E-state index in [-0.39, 0.29) is 12.5 Å². The van der Waals surface area contributed by atoms with Gasteiger partial charge in [-0.3, -0.25) is 4.79 Å². The van der Waals surface area contributed by atoms with Crippen molar-refractivity contribution < 1.29 is 4.79 Å². The van der Waals surface area contributed by atoms with Crippen LogP contribution in [-0.2, 0) is 4.79 Å². The summed E-state index contributed by atoms with van der Waals surface area (Å²) in [7, 11) is 5.22. The predicted octanol–water partition coefficient (Wildman–Crippen LogP) is 0.963. The lowest BCUT2D eigenvalue weighted by atomic mass is 10.4. The number of likely N-dealkylation sites (N-methyl/N-ethyl adjacent to an activating group) is 2. The van der Waals surface area contributed by atoms with Crippen molar-refractivity contribution in [1.29, 1.82) is 0 Å². The molecule has 1 aromatic rings. The lowest BCUT2D eigenvalue weighted by molar-refractivity contribution is -0.127. The molecule has 0 atom stereocenters. The van der Waals surface area contributed by atoms with Crippen LogP contribution in [-0.4, -0.2) is 48.5 Å². The van der Waals surface area contributed by atoms with Crippen molar-refractivity contribution in [1.82, 2.24) is 14.9 Å². The fraction of sp³-hybridized carbons (Fsp3) is 0.500. The van der Waals surface area contributed by atoms with Gasteiger partial charge in [0.2, 0.25) is 5.91 Å². The second-order valence-corrected chi connectivity index (χ2v) is 4.13. The van der Waals surface area contributed by atoms with Crippen LogP contribution in [0.3, 0.4) is 0 Å². The molecule has 6 heteroatoms. The fourth-order valence-electron chi connectivity index (χ4n) is 1.14. The molecule has 0 fully saturated rings. The second kappa shape index (κ2) is 5.12. The van der Waals surface area contributed by atoms with Gasteiger partial charge >= 0.3 is 0 Å². The number of aromatic nitrogens is 2. The summed E-state index contributed by atoms with van der Waals surface area (Å²) in [6.45, 7) is 2.02. The lowest BCUT2D eigenvalue weighted by Crippen LogP contribution is -2.34. The van der Waals surface area contributed by atoms with Crippen LogP contribution >= 0.6 is 11.6 Å². The molecule has 0 radical (unpaired) electrons. The van der Waals surface area contributed by atoms with E-state index in [1.165, 1.54) is 4.90 Å². The Labute approximate surface area is 100 Å². The average Bonchev–Trinajstić information content (AvgIpc) is 2.15. The predicted molar refractivity (Wildman–Crippen MR) is 63.7 cm³/mol. The highest BCUT2D eigenvalue weighted by atomic mass is 35.5. The van der Waals surface area contributed by atoms with E-state index >= 15 is 0 Å². The van der Waals surface area contributed by atoms with E-state index in [1.54, 1.807) is 39.0 Å². The molecular formula is C10H15ClN4O. The minimum Gasteiger partial charge on any atom is -0.350 e. The highest BCUT2D eigenvalue weighted by molar-refractivity contribution is 6.29. The highest BCUT2D eigenvalue weighted by Crippen LogP contribution is 2.14. The number of hydrogen-bond acceptors (Lipinski definition) is 4. The largest absolute Gasteiger partial charge is 0.350 e. The van der Waals surface area contributed by atoms with Gasteiger partial charge in [-0.15, -0.1) is 0 Å². The van der Waals surface area contributed by atoms with Gasteiger partial charge in [-0.1, -0.05) is 11.6 Å². The van der Waals surface area contributed by atoms with Gasteiger partial charge < -0.3 is 9.80 Å². The Balaban J connectivity index is 2.80.